The predicted molar refractivity (Wildman–Crippen MR) is 137 cm³/mol. The zero-order chi connectivity index (χ0) is 21.9. The Hall–Kier alpha value is -0.104. The van der Waals surface area contributed by atoms with E-state index >= 15 is 0 Å². The summed E-state index contributed by atoms with van der Waals surface area (Å²) in [6.45, 7) is 2.28. The summed E-state index contributed by atoms with van der Waals surface area (Å²) < 4.78 is 32.1. The van der Waals surface area contributed by atoms with Crippen LogP contribution in [0, 0.1) is 0 Å². The third kappa shape index (κ3) is 17.1. The molecule has 0 aliphatic carbocycles. The van der Waals surface area contributed by atoms with Crippen LogP contribution in [0.2, 0.25) is 0 Å². The molecule has 0 saturated carbocycles. The van der Waals surface area contributed by atoms with Crippen molar-refractivity contribution in [3.05, 3.63) is 29.8 Å². The van der Waals surface area contributed by atoms with Gasteiger partial charge in [-0.1, -0.05) is 134 Å². The number of rotatable bonds is 20. The normalized spacial score (nSPS) is 11.4. The van der Waals surface area contributed by atoms with Crippen LogP contribution in [0.4, 0.5) is 0 Å². The molecule has 3 nitrogen and oxygen atoms in total. The Labute approximate surface area is 209 Å². The zero-order valence-corrected chi connectivity index (χ0v) is 20.2. The molecule has 1 N–H and O–H groups in total. The monoisotopic (exact) mass is 464 g/mol. The highest BCUT2D eigenvalue weighted by Gasteiger charge is 2.13. The van der Waals surface area contributed by atoms with Gasteiger partial charge in [0.15, 0.2) is 0 Å². The molecule has 5 heteroatoms. The van der Waals surface area contributed by atoms with Crippen molar-refractivity contribution in [2.45, 2.75) is 134 Å². The van der Waals surface area contributed by atoms with Crippen LogP contribution >= 0.6 is 0 Å². The molecule has 0 unspecified atom stereocenters. The Morgan fingerprint density at radius 2 is 0.968 bits per heavy atom. The molecule has 31 heavy (non-hydrogen) atoms. The van der Waals surface area contributed by atoms with E-state index in [1.165, 1.54) is 109 Å². The molecule has 178 valence electrons. The molecule has 0 saturated heterocycles. The first kappa shape index (κ1) is 30.9. The van der Waals surface area contributed by atoms with Crippen molar-refractivity contribution >= 4 is 33.2 Å². The fraction of sp³-hybridized carbons (Fsp3) is 0.769. The van der Waals surface area contributed by atoms with Crippen molar-refractivity contribution in [1.29, 1.82) is 0 Å². The highest BCUT2D eigenvalue weighted by atomic mass is 32.2. The molecule has 0 heterocycles. The SMILES string of the molecule is CCCCCCCCCCCCCCCCCCCCc1ccccc1S(=O)(=O)O.[MgH2]. The van der Waals surface area contributed by atoms with Crippen LogP contribution in [0.5, 0.6) is 0 Å². The Morgan fingerprint density at radius 1 is 0.613 bits per heavy atom. The maximum absolute atomic E-state index is 11.4. The van der Waals surface area contributed by atoms with Gasteiger partial charge in [-0.15, -0.1) is 0 Å². The van der Waals surface area contributed by atoms with E-state index in [2.05, 4.69) is 6.92 Å². The number of unbranched alkanes of at least 4 members (excludes halogenated alkanes) is 17. The van der Waals surface area contributed by atoms with E-state index in [9.17, 15) is 13.0 Å². The summed E-state index contributed by atoms with van der Waals surface area (Å²) in [4.78, 5) is 0.0666. The summed E-state index contributed by atoms with van der Waals surface area (Å²) in [6, 6.07) is 6.77. The second kappa shape index (κ2) is 20.5. The molecular formula is C26H48MgO3S. The van der Waals surface area contributed by atoms with Crippen LogP contribution in [-0.4, -0.2) is 36.0 Å². The van der Waals surface area contributed by atoms with Crippen molar-refractivity contribution in [1.82, 2.24) is 0 Å². The molecule has 0 fully saturated rings. The second-order valence-electron chi connectivity index (χ2n) is 8.84. The molecule has 0 aliphatic rings. The summed E-state index contributed by atoms with van der Waals surface area (Å²) in [6.07, 6.45) is 24.9. The number of hydrogen-bond donors (Lipinski definition) is 1. The summed E-state index contributed by atoms with van der Waals surface area (Å²) in [5.41, 5.74) is 0.733. The minimum Gasteiger partial charge on any atom is -0.282 e. The van der Waals surface area contributed by atoms with Crippen LogP contribution in [0.15, 0.2) is 29.2 Å². The van der Waals surface area contributed by atoms with E-state index in [4.69, 9.17) is 0 Å². The standard InChI is InChI=1S/C26H46O3S.Mg.2H/c1-2-3-4-5-6-7-8-9-10-11-12-13-14-15-16-17-18-19-22-25-23-20-21-24-26(25)30(27,28)29;;;/h20-21,23-24H,2-19,22H2,1H3,(H,27,28,29);;;. The number of hydrogen-bond acceptors (Lipinski definition) is 2. The van der Waals surface area contributed by atoms with Crippen LogP contribution in [0.25, 0.3) is 0 Å². The molecular weight excluding hydrogens is 417 g/mol. The largest absolute Gasteiger partial charge is 0.316 e. The number of benzene rings is 1. The van der Waals surface area contributed by atoms with Gasteiger partial charge in [-0.25, -0.2) is 0 Å². The zero-order valence-electron chi connectivity index (χ0n) is 19.4. The molecule has 0 radical (unpaired) electrons. The molecule has 0 spiro atoms. The third-order valence-corrected chi connectivity index (χ3v) is 7.00. The Balaban J connectivity index is 0.00000900. The van der Waals surface area contributed by atoms with Gasteiger partial charge in [0.05, 0.1) is 4.90 Å². The quantitative estimate of drug-likeness (QED) is 0.123. The van der Waals surface area contributed by atoms with Gasteiger partial charge in [-0.3, -0.25) is 4.55 Å². The van der Waals surface area contributed by atoms with Gasteiger partial charge >= 0.3 is 23.1 Å². The lowest BCUT2D eigenvalue weighted by molar-refractivity contribution is 0.481. The van der Waals surface area contributed by atoms with Gasteiger partial charge in [0.25, 0.3) is 10.1 Å². The van der Waals surface area contributed by atoms with Crippen molar-refractivity contribution in [2.24, 2.45) is 0 Å². The maximum Gasteiger partial charge on any atom is 0.316 e. The van der Waals surface area contributed by atoms with Crippen LogP contribution in [0.1, 0.15) is 128 Å². The van der Waals surface area contributed by atoms with Crippen molar-refractivity contribution in [3.8, 4) is 0 Å². The van der Waals surface area contributed by atoms with E-state index in [1.54, 1.807) is 12.1 Å². The van der Waals surface area contributed by atoms with Gasteiger partial charge in [-0.05, 0) is 24.5 Å². The molecule has 1 rings (SSSR count). The lowest BCUT2D eigenvalue weighted by atomic mass is 10.0. The van der Waals surface area contributed by atoms with Gasteiger partial charge < -0.3 is 0 Å². The summed E-state index contributed by atoms with van der Waals surface area (Å²) in [5, 5.41) is 0. The highest BCUT2D eigenvalue weighted by molar-refractivity contribution is 7.85. The molecule has 0 amide bonds. The first-order valence-corrected chi connectivity index (χ1v) is 14.0. The first-order valence-electron chi connectivity index (χ1n) is 12.6. The van der Waals surface area contributed by atoms with E-state index in [1.807, 2.05) is 6.07 Å². The van der Waals surface area contributed by atoms with Gasteiger partial charge in [0, 0.05) is 0 Å². The lowest BCUT2D eigenvalue weighted by Crippen LogP contribution is -2.03. The van der Waals surface area contributed by atoms with Gasteiger partial charge in [0.1, 0.15) is 0 Å². The molecule has 0 aromatic heterocycles. The molecule has 1 aromatic carbocycles. The number of aryl methyl sites for hydroxylation is 1. The highest BCUT2D eigenvalue weighted by Crippen LogP contribution is 2.19. The predicted octanol–water partition coefficient (Wildman–Crippen LogP) is 7.60. The molecule has 0 bridgehead atoms. The average Bonchev–Trinajstić information content (AvgIpc) is 2.72. The van der Waals surface area contributed by atoms with E-state index < -0.39 is 10.1 Å². The van der Waals surface area contributed by atoms with Gasteiger partial charge in [-0.2, -0.15) is 8.42 Å². The van der Waals surface area contributed by atoms with Crippen molar-refractivity contribution in [3.63, 3.8) is 0 Å². The fourth-order valence-electron chi connectivity index (χ4n) is 4.18. The first-order chi connectivity index (χ1) is 14.6. The Morgan fingerprint density at radius 3 is 1.35 bits per heavy atom. The Kier molecular flexibility index (Phi) is 20.4. The topological polar surface area (TPSA) is 54.4 Å². The maximum atomic E-state index is 11.4. The average molecular weight is 465 g/mol. The minimum atomic E-state index is -4.11. The molecule has 1 aromatic rings. The summed E-state index contributed by atoms with van der Waals surface area (Å²) in [7, 11) is -4.11. The lowest BCUT2D eigenvalue weighted by Gasteiger charge is -2.07. The van der Waals surface area contributed by atoms with Crippen molar-refractivity contribution < 1.29 is 13.0 Å². The van der Waals surface area contributed by atoms with E-state index in [-0.39, 0.29) is 27.9 Å². The van der Waals surface area contributed by atoms with Gasteiger partial charge in [0.2, 0.25) is 0 Å². The van der Waals surface area contributed by atoms with E-state index in [0.29, 0.717) is 6.42 Å². The van der Waals surface area contributed by atoms with E-state index in [0.717, 1.165) is 18.4 Å². The third-order valence-electron chi connectivity index (χ3n) is 6.05. The minimum absolute atomic E-state index is 0. The summed E-state index contributed by atoms with van der Waals surface area (Å²) in [5.74, 6) is 0. The second-order valence-corrected chi connectivity index (χ2v) is 10.2. The van der Waals surface area contributed by atoms with Crippen LogP contribution in [0.3, 0.4) is 0 Å². The fourth-order valence-corrected chi connectivity index (χ4v) is 4.93. The Bertz CT molecular complexity index is 631. The smallest absolute Gasteiger partial charge is 0.282 e. The van der Waals surface area contributed by atoms with Crippen LogP contribution < -0.4 is 0 Å². The van der Waals surface area contributed by atoms with Crippen LogP contribution in [-0.2, 0) is 16.5 Å². The van der Waals surface area contributed by atoms with Crippen molar-refractivity contribution in [2.75, 3.05) is 0 Å². The molecule has 0 aliphatic heterocycles. The summed E-state index contributed by atoms with van der Waals surface area (Å²) >= 11 is 0. The molecule has 0 atom stereocenters.